The quantitative estimate of drug-likeness (QED) is 0.212. The van der Waals surface area contributed by atoms with E-state index in [2.05, 4.69) is 39.8 Å². The number of aliphatic hydroxyl groups excluding tert-OH is 1. The number of esters is 1. The molecule has 15 heteroatoms. The van der Waals surface area contributed by atoms with E-state index < -0.39 is 83.3 Å². The fourth-order valence-electron chi connectivity index (χ4n) is 11.0. The first kappa shape index (κ1) is 49.8. The topological polar surface area (TPSA) is 167 Å². The lowest BCUT2D eigenvalue weighted by Crippen LogP contribution is -2.58. The van der Waals surface area contributed by atoms with Gasteiger partial charge in [-0.25, -0.2) is 0 Å². The highest BCUT2D eigenvalue weighted by molar-refractivity contribution is 7.85. The van der Waals surface area contributed by atoms with Gasteiger partial charge in [0.15, 0.2) is 18.4 Å². The number of carbonyl (C=O) groups excluding carboxylic acids is 1. The average molecular weight is 919 g/mol. The molecule has 6 aliphatic heterocycles. The zero-order chi connectivity index (χ0) is 46.2. The molecule has 0 aromatic carbocycles. The van der Waals surface area contributed by atoms with Crippen LogP contribution in [0.25, 0.3) is 0 Å². The lowest BCUT2D eigenvalue weighted by Gasteiger charge is -2.48. The molecule has 1 aliphatic carbocycles. The van der Waals surface area contributed by atoms with Crippen molar-refractivity contribution in [2.24, 2.45) is 23.7 Å². The molecule has 2 N–H and O–H groups in total. The van der Waals surface area contributed by atoms with Crippen LogP contribution in [0, 0.1) is 23.7 Å². The Morgan fingerprint density at radius 1 is 0.922 bits per heavy atom. The van der Waals surface area contributed by atoms with Gasteiger partial charge in [-0.2, -0.15) is 0 Å². The Labute approximate surface area is 382 Å². The van der Waals surface area contributed by atoms with Crippen LogP contribution in [0.3, 0.4) is 0 Å². The van der Waals surface area contributed by atoms with Crippen molar-refractivity contribution < 1.29 is 66.6 Å². The molecule has 0 aromatic heterocycles. The van der Waals surface area contributed by atoms with Gasteiger partial charge in [0.1, 0.15) is 35.9 Å². The zero-order valence-corrected chi connectivity index (χ0v) is 40.4. The monoisotopic (exact) mass is 918 g/mol. The van der Waals surface area contributed by atoms with Crippen molar-refractivity contribution in [1.82, 2.24) is 0 Å². The van der Waals surface area contributed by atoms with E-state index in [1.807, 2.05) is 39.0 Å². The predicted molar refractivity (Wildman–Crippen MR) is 239 cm³/mol. The summed E-state index contributed by atoms with van der Waals surface area (Å²) in [5.41, 5.74) is 0.128. The Balaban J connectivity index is 1.17. The highest BCUT2D eigenvalue weighted by atomic mass is 32.2. The summed E-state index contributed by atoms with van der Waals surface area (Å²) in [5.74, 6) is -2.58. The summed E-state index contributed by atoms with van der Waals surface area (Å²) in [6.45, 7) is 16.2. The van der Waals surface area contributed by atoms with Crippen LogP contribution >= 0.6 is 0 Å². The molecule has 2 unspecified atom stereocenters. The van der Waals surface area contributed by atoms with Gasteiger partial charge in [0.05, 0.1) is 54.6 Å². The summed E-state index contributed by atoms with van der Waals surface area (Å²) in [6.07, 6.45) is 11.3. The van der Waals surface area contributed by atoms with E-state index in [-0.39, 0.29) is 60.1 Å². The molecule has 0 saturated carbocycles. The molecule has 64 heavy (non-hydrogen) atoms. The summed E-state index contributed by atoms with van der Waals surface area (Å²) in [7, 11) is 2.14. The van der Waals surface area contributed by atoms with Gasteiger partial charge in [0, 0.05) is 68.8 Å². The molecule has 7 aliphatic rings. The Morgan fingerprint density at radius 2 is 1.62 bits per heavy atom. The third-order valence-electron chi connectivity index (χ3n) is 14.9. The van der Waals surface area contributed by atoms with Gasteiger partial charge in [-0.15, -0.1) is 0 Å². The van der Waals surface area contributed by atoms with Crippen molar-refractivity contribution in [2.45, 2.75) is 190 Å². The maximum atomic E-state index is 14.4. The summed E-state index contributed by atoms with van der Waals surface area (Å²) in [6, 6.07) is 0. The van der Waals surface area contributed by atoms with E-state index in [0.717, 1.165) is 12.0 Å². The Hall–Kier alpha value is -2.12. The minimum absolute atomic E-state index is 0.0298. The number of ether oxygens (including phenoxy) is 10. The molecule has 14 nitrogen and oxygen atoms in total. The van der Waals surface area contributed by atoms with Gasteiger partial charge in [0.2, 0.25) is 0 Å². The molecule has 4 fully saturated rings. The standard InChI is InChI=1S/C49H74O14S/c1-12-26(2)43-29(5)18-19-48(63-43)24-35-21-34(62-48)17-16-28(4)42(27(3)14-13-15-33-25-56-46-41(50)30(6)20-36(47(51)59-35)49(33,46)52)60-39-22-37(54-9)44(31(7)57-39)61-40-23-38(55-10)45(64(11)53)32(8)58-40/h13-16,18-20,26-27,29,31-32,34-46,50,52H,12,17,21-25H2,1-11H3/b14-13+,28-16+,33-15+/t26?,27-,29-,31-,32-,34+,35-,36-,37-,38-,39-,40-,41+,42-,43+,44-,45+,46+,48+,49+,64?/m0/s1. The lowest BCUT2D eigenvalue weighted by atomic mass is 9.71. The van der Waals surface area contributed by atoms with Crippen LogP contribution in [0.1, 0.15) is 93.9 Å². The second kappa shape index (κ2) is 20.6. The lowest BCUT2D eigenvalue weighted by molar-refractivity contribution is -0.309. The molecule has 0 radical (unpaired) electrons. The summed E-state index contributed by atoms with van der Waals surface area (Å²) >= 11 is 0. The maximum Gasteiger partial charge on any atom is 0.316 e. The number of aliphatic hydroxyl groups is 2. The van der Waals surface area contributed by atoms with Crippen LogP contribution in [0.5, 0.6) is 0 Å². The molecule has 0 amide bonds. The largest absolute Gasteiger partial charge is 0.462 e. The molecule has 6 heterocycles. The fourth-order valence-corrected chi connectivity index (χ4v) is 12.3. The summed E-state index contributed by atoms with van der Waals surface area (Å²) in [5, 5.41) is 23.5. The predicted octanol–water partition coefficient (Wildman–Crippen LogP) is 5.76. The number of carbonyl (C=O) groups is 1. The first-order chi connectivity index (χ1) is 30.4. The number of rotatable bonds is 9. The van der Waals surface area contributed by atoms with Gasteiger partial charge >= 0.3 is 5.97 Å². The van der Waals surface area contributed by atoms with Crippen LogP contribution < -0.4 is 0 Å². The van der Waals surface area contributed by atoms with Crippen LogP contribution in [-0.4, -0.2) is 144 Å². The van der Waals surface area contributed by atoms with Gasteiger partial charge in [-0.3, -0.25) is 9.00 Å². The summed E-state index contributed by atoms with van der Waals surface area (Å²) < 4.78 is 76.8. The Kier molecular flexibility index (Phi) is 16.0. The molecular formula is C49H74O14S. The minimum atomic E-state index is -1.84. The minimum Gasteiger partial charge on any atom is -0.462 e. The van der Waals surface area contributed by atoms with E-state index in [9.17, 15) is 19.2 Å². The molecule has 1 spiro atoms. The highest BCUT2D eigenvalue weighted by Gasteiger charge is 2.60. The molecule has 360 valence electrons. The van der Waals surface area contributed by atoms with E-state index in [4.69, 9.17) is 47.4 Å². The zero-order valence-electron chi connectivity index (χ0n) is 39.6. The Morgan fingerprint density at radius 3 is 2.33 bits per heavy atom. The van der Waals surface area contributed by atoms with Crippen molar-refractivity contribution in [3.63, 3.8) is 0 Å². The third-order valence-corrected chi connectivity index (χ3v) is 16.3. The third kappa shape index (κ3) is 10.2. The number of hydrogen-bond donors (Lipinski definition) is 2. The number of allylic oxidation sites excluding steroid dienone is 2. The van der Waals surface area contributed by atoms with Crippen LogP contribution in [0.15, 0.2) is 59.3 Å². The van der Waals surface area contributed by atoms with Crippen molar-refractivity contribution >= 4 is 16.8 Å². The first-order valence-electron chi connectivity index (χ1n) is 23.4. The second-order valence-corrected chi connectivity index (χ2v) is 21.0. The second-order valence-electron chi connectivity index (χ2n) is 19.4. The molecule has 4 saturated heterocycles. The Bertz CT molecular complexity index is 1830. The van der Waals surface area contributed by atoms with Crippen LogP contribution in [-0.2, 0) is 63.0 Å². The molecule has 0 aromatic rings. The van der Waals surface area contributed by atoms with E-state index in [1.54, 1.807) is 39.6 Å². The van der Waals surface area contributed by atoms with Gasteiger partial charge in [-0.1, -0.05) is 70.6 Å². The SMILES string of the molecule is CCC(C)[C@H]1O[C@]2(C=C[C@@H]1C)C[C@@H]1C[C@@H](C/C=C(\C)[C@@H](O[C@H]3C[C@H](OC)[C@@H](O[C@H]4C[C@H](OC)[C@H](S(C)=O)[C@H](C)O4)[C@H](C)O3)[C@@H](C)/C=C/C=C3\CO[C@@H]4[C@H](O)C(C)=C[C@@H](C(=O)O1)[C@]34O)O2. The van der Waals surface area contributed by atoms with Gasteiger partial charge in [0.25, 0.3) is 0 Å². The molecule has 21 atom stereocenters. The summed E-state index contributed by atoms with van der Waals surface area (Å²) in [4.78, 5) is 14.4. The molecular weight excluding hydrogens is 845 g/mol. The molecule has 7 rings (SSSR count). The number of methoxy groups -OCH3 is 2. The van der Waals surface area contributed by atoms with Crippen LogP contribution in [0.4, 0.5) is 0 Å². The van der Waals surface area contributed by atoms with Crippen molar-refractivity contribution in [2.75, 3.05) is 27.1 Å². The number of hydrogen-bond acceptors (Lipinski definition) is 14. The maximum absolute atomic E-state index is 14.4. The van der Waals surface area contributed by atoms with E-state index in [1.165, 1.54) is 0 Å². The van der Waals surface area contributed by atoms with Crippen molar-refractivity contribution in [1.29, 1.82) is 0 Å². The van der Waals surface area contributed by atoms with Gasteiger partial charge < -0.3 is 57.6 Å². The number of fused-ring (bicyclic) bond motifs is 2. The average Bonchev–Trinajstić information content (AvgIpc) is 3.60. The van der Waals surface area contributed by atoms with Gasteiger partial charge in [-0.05, 0) is 62.8 Å². The van der Waals surface area contributed by atoms with Crippen molar-refractivity contribution in [3.8, 4) is 0 Å². The first-order valence-corrected chi connectivity index (χ1v) is 25.0. The smallest absolute Gasteiger partial charge is 0.316 e. The normalized spacial score (nSPS) is 48.5. The van der Waals surface area contributed by atoms with Crippen molar-refractivity contribution in [3.05, 3.63) is 59.3 Å². The fraction of sp³-hybridized carbons (Fsp3) is 0.776. The van der Waals surface area contributed by atoms with Crippen LogP contribution in [0.2, 0.25) is 0 Å². The highest BCUT2D eigenvalue weighted by Crippen LogP contribution is 2.47. The van der Waals surface area contributed by atoms with E-state index in [0.29, 0.717) is 43.3 Å². The van der Waals surface area contributed by atoms with E-state index >= 15 is 0 Å². The molecule has 2 bridgehead atoms.